The first-order valence-corrected chi connectivity index (χ1v) is 6.29. The second-order valence-electron chi connectivity index (χ2n) is 4.57. The number of halogens is 1. The first kappa shape index (κ1) is 12.2. The number of aliphatic hydroxyl groups is 1. The van der Waals surface area contributed by atoms with E-state index < -0.39 is 5.60 Å². The van der Waals surface area contributed by atoms with E-state index in [1.807, 2.05) is 30.3 Å². The van der Waals surface area contributed by atoms with E-state index in [4.69, 9.17) is 16.0 Å². The Labute approximate surface area is 115 Å². The molecular formula is C15H12ClNO2. The maximum atomic E-state index is 10.6. The summed E-state index contributed by atoms with van der Waals surface area (Å²) in [7, 11) is 0. The van der Waals surface area contributed by atoms with Gasteiger partial charge in [-0.25, -0.2) is 4.98 Å². The van der Waals surface area contributed by atoms with E-state index in [0.717, 1.165) is 5.56 Å². The molecule has 0 fully saturated rings. The normalized spacial score (nSPS) is 14.5. The standard InChI is InChI=1S/C15H12ClNO2/c1-15(18,10-5-3-2-4-6-10)14-17-12-9-11(16)7-8-13(12)19-14/h2-9,18H,1H3/t15-/m1/s1. The Morgan fingerprint density at radius 2 is 1.89 bits per heavy atom. The molecule has 0 aliphatic rings. The highest BCUT2D eigenvalue weighted by Crippen LogP contribution is 2.31. The maximum Gasteiger partial charge on any atom is 0.231 e. The Morgan fingerprint density at radius 3 is 2.63 bits per heavy atom. The van der Waals surface area contributed by atoms with Gasteiger partial charge in [-0.15, -0.1) is 0 Å². The molecule has 3 rings (SSSR count). The SMILES string of the molecule is C[C@@](O)(c1ccccc1)c1nc2cc(Cl)ccc2o1. The summed E-state index contributed by atoms with van der Waals surface area (Å²) in [6.07, 6.45) is 0. The molecule has 0 spiro atoms. The minimum Gasteiger partial charge on any atom is -0.437 e. The number of hydrogen-bond donors (Lipinski definition) is 1. The van der Waals surface area contributed by atoms with Crippen LogP contribution in [0.2, 0.25) is 5.02 Å². The van der Waals surface area contributed by atoms with Crippen LogP contribution >= 0.6 is 11.6 Å². The van der Waals surface area contributed by atoms with Crippen molar-refractivity contribution in [3.63, 3.8) is 0 Å². The molecule has 0 bridgehead atoms. The molecule has 3 nitrogen and oxygen atoms in total. The van der Waals surface area contributed by atoms with Gasteiger partial charge < -0.3 is 9.52 Å². The zero-order valence-corrected chi connectivity index (χ0v) is 11.1. The lowest BCUT2D eigenvalue weighted by atomic mass is 9.96. The third kappa shape index (κ3) is 2.11. The van der Waals surface area contributed by atoms with Crippen molar-refractivity contribution in [3.8, 4) is 0 Å². The first-order valence-electron chi connectivity index (χ1n) is 5.92. The van der Waals surface area contributed by atoms with Gasteiger partial charge in [0.25, 0.3) is 0 Å². The molecular weight excluding hydrogens is 262 g/mol. The highest BCUT2D eigenvalue weighted by Gasteiger charge is 2.31. The van der Waals surface area contributed by atoms with Gasteiger partial charge in [0.1, 0.15) is 5.52 Å². The van der Waals surface area contributed by atoms with Crippen LogP contribution in [0.4, 0.5) is 0 Å². The molecule has 4 heteroatoms. The van der Waals surface area contributed by atoms with Gasteiger partial charge in [0.2, 0.25) is 5.89 Å². The van der Waals surface area contributed by atoms with E-state index in [1.165, 1.54) is 0 Å². The fourth-order valence-corrected chi connectivity index (χ4v) is 2.16. The number of aromatic nitrogens is 1. The molecule has 1 heterocycles. The van der Waals surface area contributed by atoms with E-state index in [1.54, 1.807) is 25.1 Å². The molecule has 0 saturated heterocycles. The summed E-state index contributed by atoms with van der Waals surface area (Å²) in [6, 6.07) is 14.5. The number of nitrogens with zero attached hydrogens (tertiary/aromatic N) is 1. The van der Waals surface area contributed by atoms with Crippen molar-refractivity contribution in [3.05, 3.63) is 65.0 Å². The van der Waals surface area contributed by atoms with Crippen LogP contribution < -0.4 is 0 Å². The molecule has 1 aromatic heterocycles. The first-order chi connectivity index (χ1) is 9.07. The summed E-state index contributed by atoms with van der Waals surface area (Å²) in [5.74, 6) is 0.260. The average molecular weight is 274 g/mol. The summed E-state index contributed by atoms with van der Waals surface area (Å²) >= 11 is 5.92. The molecule has 2 aromatic carbocycles. The van der Waals surface area contributed by atoms with E-state index in [0.29, 0.717) is 16.1 Å². The van der Waals surface area contributed by atoms with Crippen molar-refractivity contribution >= 4 is 22.7 Å². The van der Waals surface area contributed by atoms with Crippen LogP contribution in [0, 0.1) is 0 Å². The summed E-state index contributed by atoms with van der Waals surface area (Å²) in [6.45, 7) is 1.66. The zero-order chi connectivity index (χ0) is 13.5. The number of benzene rings is 2. The lowest BCUT2D eigenvalue weighted by Gasteiger charge is -2.19. The fraction of sp³-hybridized carbons (Fsp3) is 0.133. The molecule has 0 unspecified atom stereocenters. The monoisotopic (exact) mass is 273 g/mol. The molecule has 0 radical (unpaired) electrons. The second kappa shape index (κ2) is 4.37. The molecule has 0 aliphatic carbocycles. The lowest BCUT2D eigenvalue weighted by molar-refractivity contribution is 0.0727. The Balaban J connectivity index is 2.13. The van der Waals surface area contributed by atoms with E-state index in [2.05, 4.69) is 4.98 Å². The van der Waals surface area contributed by atoms with Gasteiger partial charge in [0, 0.05) is 5.02 Å². The Bertz CT molecular complexity index is 719. The minimum absolute atomic E-state index is 0.260. The Morgan fingerprint density at radius 1 is 1.16 bits per heavy atom. The van der Waals surface area contributed by atoms with Crippen molar-refractivity contribution in [1.29, 1.82) is 0 Å². The Hall–Kier alpha value is -1.84. The fourth-order valence-electron chi connectivity index (χ4n) is 1.99. The van der Waals surface area contributed by atoms with Crippen molar-refractivity contribution in [1.82, 2.24) is 4.98 Å². The molecule has 0 amide bonds. The van der Waals surface area contributed by atoms with Crippen molar-refractivity contribution in [2.45, 2.75) is 12.5 Å². The van der Waals surface area contributed by atoms with E-state index in [9.17, 15) is 5.11 Å². The maximum absolute atomic E-state index is 10.6. The van der Waals surface area contributed by atoms with Crippen molar-refractivity contribution in [2.75, 3.05) is 0 Å². The van der Waals surface area contributed by atoms with E-state index >= 15 is 0 Å². The third-order valence-electron chi connectivity index (χ3n) is 3.10. The molecule has 0 saturated carbocycles. The number of hydrogen-bond acceptors (Lipinski definition) is 3. The van der Waals surface area contributed by atoms with Crippen LogP contribution in [0.15, 0.2) is 52.9 Å². The van der Waals surface area contributed by atoms with Crippen LogP contribution in [0.1, 0.15) is 18.4 Å². The quantitative estimate of drug-likeness (QED) is 0.774. The summed E-state index contributed by atoms with van der Waals surface area (Å²) in [4.78, 5) is 4.32. The predicted octanol–water partition coefficient (Wildman–Crippen LogP) is 3.74. The van der Waals surface area contributed by atoms with Crippen LogP contribution in [0.25, 0.3) is 11.1 Å². The molecule has 1 atom stereocenters. The molecule has 1 N–H and O–H groups in total. The number of fused-ring (bicyclic) bond motifs is 1. The van der Waals surface area contributed by atoms with Crippen LogP contribution in [-0.2, 0) is 5.60 Å². The van der Waals surface area contributed by atoms with Gasteiger partial charge in [-0.3, -0.25) is 0 Å². The molecule has 96 valence electrons. The summed E-state index contributed by atoms with van der Waals surface area (Å²) < 4.78 is 5.62. The lowest BCUT2D eigenvalue weighted by Crippen LogP contribution is -2.22. The van der Waals surface area contributed by atoms with Crippen LogP contribution in [0.5, 0.6) is 0 Å². The predicted molar refractivity (Wildman–Crippen MR) is 74.1 cm³/mol. The van der Waals surface area contributed by atoms with Gasteiger partial charge in [-0.2, -0.15) is 0 Å². The van der Waals surface area contributed by atoms with Gasteiger partial charge in [0.15, 0.2) is 11.2 Å². The van der Waals surface area contributed by atoms with Crippen molar-refractivity contribution in [2.24, 2.45) is 0 Å². The van der Waals surface area contributed by atoms with Gasteiger partial charge in [0.05, 0.1) is 0 Å². The second-order valence-corrected chi connectivity index (χ2v) is 5.01. The number of oxazole rings is 1. The van der Waals surface area contributed by atoms with Crippen LogP contribution in [-0.4, -0.2) is 10.1 Å². The topological polar surface area (TPSA) is 46.3 Å². The highest BCUT2D eigenvalue weighted by atomic mass is 35.5. The largest absolute Gasteiger partial charge is 0.437 e. The van der Waals surface area contributed by atoms with Gasteiger partial charge >= 0.3 is 0 Å². The molecule has 19 heavy (non-hydrogen) atoms. The average Bonchev–Trinajstić information content (AvgIpc) is 2.83. The summed E-state index contributed by atoms with van der Waals surface area (Å²) in [5, 5.41) is 11.2. The summed E-state index contributed by atoms with van der Waals surface area (Å²) in [5.41, 5.74) is 0.703. The third-order valence-corrected chi connectivity index (χ3v) is 3.34. The zero-order valence-electron chi connectivity index (χ0n) is 10.3. The molecule has 3 aromatic rings. The smallest absolute Gasteiger partial charge is 0.231 e. The van der Waals surface area contributed by atoms with Gasteiger partial charge in [-0.05, 0) is 30.7 Å². The van der Waals surface area contributed by atoms with Gasteiger partial charge in [-0.1, -0.05) is 41.9 Å². The van der Waals surface area contributed by atoms with Crippen LogP contribution in [0.3, 0.4) is 0 Å². The number of rotatable bonds is 2. The van der Waals surface area contributed by atoms with E-state index in [-0.39, 0.29) is 5.89 Å². The molecule has 0 aliphatic heterocycles. The Kier molecular flexibility index (Phi) is 2.81. The minimum atomic E-state index is -1.27. The van der Waals surface area contributed by atoms with Crippen molar-refractivity contribution < 1.29 is 9.52 Å². The highest BCUT2D eigenvalue weighted by molar-refractivity contribution is 6.31.